The first kappa shape index (κ1) is 29.8. The number of pyridine rings is 1. The summed E-state index contributed by atoms with van der Waals surface area (Å²) in [7, 11) is 0. The number of allylic oxidation sites excluding steroid dienone is 1. The van der Waals surface area contributed by atoms with Crippen molar-refractivity contribution in [3.63, 3.8) is 0 Å². The van der Waals surface area contributed by atoms with E-state index in [2.05, 4.69) is 34.8 Å². The number of halogens is 1. The fraction of sp³-hybridized carbons (Fsp3) is 0.300. The molecule has 7 nitrogen and oxygen atoms in total. The molecule has 5 N–H and O–H groups in total. The normalized spacial score (nSPS) is 12.6. The van der Waals surface area contributed by atoms with Crippen molar-refractivity contribution >= 4 is 23.7 Å². The highest BCUT2D eigenvalue weighted by Crippen LogP contribution is 2.26. The van der Waals surface area contributed by atoms with Gasteiger partial charge in [0.2, 0.25) is 0 Å². The molecule has 0 saturated heterocycles. The molecule has 0 bridgehead atoms. The second kappa shape index (κ2) is 13.2. The van der Waals surface area contributed by atoms with Crippen LogP contribution in [-0.2, 0) is 0 Å². The molecular weight excluding hydrogens is 477 g/mol. The summed E-state index contributed by atoms with van der Waals surface area (Å²) >= 11 is 0. The Morgan fingerprint density at radius 1 is 1.29 bits per heavy atom. The Kier molecular flexibility index (Phi) is 10.4. The lowest BCUT2D eigenvalue weighted by Crippen LogP contribution is -2.34. The molecule has 1 aromatic carbocycles. The van der Waals surface area contributed by atoms with Crippen molar-refractivity contribution in [3.05, 3.63) is 83.2 Å². The zero-order chi connectivity index (χ0) is 28.5. The number of nitrogens with zero attached hydrogens (tertiary/aromatic N) is 3. The van der Waals surface area contributed by atoms with Crippen LogP contribution in [0.25, 0.3) is 23.3 Å². The third-order valence-corrected chi connectivity index (χ3v) is 5.91. The van der Waals surface area contributed by atoms with Gasteiger partial charge in [0.05, 0.1) is 29.9 Å². The zero-order valence-electron chi connectivity index (χ0n) is 23.0. The van der Waals surface area contributed by atoms with Gasteiger partial charge in [-0.2, -0.15) is 5.26 Å². The maximum Gasteiger partial charge on any atom is 0.131 e. The van der Waals surface area contributed by atoms with Crippen molar-refractivity contribution in [1.29, 1.82) is 10.7 Å². The Hall–Kier alpha value is -4.38. The first-order valence-corrected chi connectivity index (χ1v) is 12.4. The Bertz CT molecular complexity index is 1400. The van der Waals surface area contributed by atoms with Crippen molar-refractivity contribution in [1.82, 2.24) is 20.5 Å². The molecule has 1 aromatic heterocycles. The van der Waals surface area contributed by atoms with Gasteiger partial charge in [-0.05, 0) is 75.0 Å². The number of nitriles is 1. The summed E-state index contributed by atoms with van der Waals surface area (Å²) in [6.45, 7) is 18.9. The third-order valence-electron chi connectivity index (χ3n) is 5.91. The summed E-state index contributed by atoms with van der Waals surface area (Å²) < 4.78 is 15.0. The van der Waals surface area contributed by atoms with Crippen molar-refractivity contribution in [2.75, 3.05) is 25.4 Å². The highest BCUT2D eigenvalue weighted by atomic mass is 19.1. The predicted octanol–water partition coefficient (Wildman–Crippen LogP) is 3.93. The van der Waals surface area contributed by atoms with Gasteiger partial charge in [-0.25, -0.2) is 4.39 Å². The summed E-state index contributed by atoms with van der Waals surface area (Å²) in [6.07, 6.45) is 10.1. The van der Waals surface area contributed by atoms with Crippen molar-refractivity contribution < 1.29 is 4.39 Å². The lowest BCUT2D eigenvalue weighted by Gasteiger charge is -2.28. The topological polar surface area (TPSA) is 114 Å². The van der Waals surface area contributed by atoms with E-state index in [4.69, 9.17) is 11.1 Å². The van der Waals surface area contributed by atoms with E-state index in [1.807, 2.05) is 45.6 Å². The second-order valence-corrected chi connectivity index (χ2v) is 9.64. The molecule has 0 aliphatic heterocycles. The van der Waals surface area contributed by atoms with Gasteiger partial charge in [0, 0.05) is 47.9 Å². The van der Waals surface area contributed by atoms with Crippen LogP contribution in [0.15, 0.2) is 61.4 Å². The fourth-order valence-electron chi connectivity index (χ4n) is 3.93. The minimum Gasteiger partial charge on any atom is -0.397 e. The average Bonchev–Trinajstić information content (AvgIpc) is 2.86. The summed E-state index contributed by atoms with van der Waals surface area (Å²) in [5, 5.41) is 25.5. The Morgan fingerprint density at radius 3 is 2.61 bits per heavy atom. The van der Waals surface area contributed by atoms with Crippen LogP contribution < -0.4 is 26.8 Å². The maximum atomic E-state index is 15.0. The van der Waals surface area contributed by atoms with Gasteiger partial charge >= 0.3 is 0 Å². The number of benzene rings is 1. The fourth-order valence-corrected chi connectivity index (χ4v) is 3.93. The number of anilines is 1. The molecular formula is C30H38FN7. The molecule has 0 saturated carbocycles. The van der Waals surface area contributed by atoms with E-state index >= 15 is 4.39 Å². The summed E-state index contributed by atoms with van der Waals surface area (Å²) in [5.41, 5.74) is 8.98. The lowest BCUT2D eigenvalue weighted by atomic mass is 9.95. The summed E-state index contributed by atoms with van der Waals surface area (Å²) in [4.78, 5) is 6.06. The Labute approximate surface area is 225 Å². The molecule has 0 spiro atoms. The Balaban J connectivity index is 2.34. The molecule has 200 valence electrons. The molecule has 0 fully saturated rings. The maximum absolute atomic E-state index is 15.0. The molecule has 0 radical (unpaired) electrons. The molecule has 38 heavy (non-hydrogen) atoms. The van der Waals surface area contributed by atoms with Crippen molar-refractivity contribution in [3.8, 4) is 17.2 Å². The smallest absolute Gasteiger partial charge is 0.131 e. The molecule has 0 aliphatic rings. The van der Waals surface area contributed by atoms with Gasteiger partial charge in [-0.3, -0.25) is 10.4 Å². The zero-order valence-corrected chi connectivity index (χ0v) is 23.0. The van der Waals surface area contributed by atoms with Gasteiger partial charge in [0.1, 0.15) is 11.7 Å². The number of rotatable bonds is 11. The van der Waals surface area contributed by atoms with Crippen LogP contribution in [0.1, 0.15) is 33.3 Å². The summed E-state index contributed by atoms with van der Waals surface area (Å²) in [6, 6.07) is 5.51. The number of nitrogen functional groups attached to an aromatic ring is 1. The molecule has 0 aliphatic carbocycles. The van der Waals surface area contributed by atoms with E-state index in [1.54, 1.807) is 36.8 Å². The molecule has 1 heterocycles. The van der Waals surface area contributed by atoms with Gasteiger partial charge in [0.25, 0.3) is 0 Å². The van der Waals surface area contributed by atoms with Crippen LogP contribution in [-0.4, -0.2) is 35.4 Å². The first-order valence-electron chi connectivity index (χ1n) is 12.4. The van der Waals surface area contributed by atoms with Crippen molar-refractivity contribution in [2.45, 2.75) is 34.6 Å². The van der Waals surface area contributed by atoms with Crippen LogP contribution in [0.2, 0.25) is 0 Å². The van der Waals surface area contributed by atoms with Gasteiger partial charge < -0.3 is 21.3 Å². The molecule has 0 unspecified atom stereocenters. The quantitative estimate of drug-likeness (QED) is 0.266. The minimum absolute atomic E-state index is 0.131. The van der Waals surface area contributed by atoms with E-state index in [0.717, 1.165) is 16.5 Å². The highest BCUT2D eigenvalue weighted by Gasteiger charge is 2.20. The van der Waals surface area contributed by atoms with Crippen LogP contribution in [0.5, 0.6) is 0 Å². The van der Waals surface area contributed by atoms with Gasteiger partial charge in [-0.15, -0.1) is 0 Å². The van der Waals surface area contributed by atoms with E-state index < -0.39 is 5.41 Å². The summed E-state index contributed by atoms with van der Waals surface area (Å²) in [5.74, 6) is -0.243. The molecule has 2 aromatic rings. The number of hydrogen-bond acceptors (Lipinski definition) is 6. The van der Waals surface area contributed by atoms with E-state index in [9.17, 15) is 5.26 Å². The number of nitrogens with two attached hydrogens (primary N) is 1. The second-order valence-electron chi connectivity index (χ2n) is 9.64. The predicted molar refractivity (Wildman–Crippen MR) is 156 cm³/mol. The van der Waals surface area contributed by atoms with Gasteiger partial charge in [-0.1, -0.05) is 19.2 Å². The Morgan fingerprint density at radius 2 is 2.00 bits per heavy atom. The average molecular weight is 516 g/mol. The highest BCUT2D eigenvalue weighted by molar-refractivity contribution is 5.93. The number of hydrogen-bond donors (Lipinski definition) is 4. The standard InChI is InChI=1S/C30H38FN7/c1-8-22-13-27(31)25(26-15-35-16-28(33)21(26)5)12-23(22)11-20(4)37-29(34)14-24(36-9-2)17-38(10-3)19-30(6,7)18-32/h8,10-16,36H,3-4,9,17,19,33H2,1-2,5-7H3,(H2,34,37)/b22-8-,23-11-,24-14-. The van der Waals surface area contributed by atoms with E-state index in [-0.39, 0.29) is 11.7 Å². The first-order chi connectivity index (χ1) is 17.9. The number of aromatic nitrogens is 1. The van der Waals surface area contributed by atoms with E-state index in [0.29, 0.717) is 47.4 Å². The number of nitrogens with one attached hydrogen (secondary N) is 3. The lowest BCUT2D eigenvalue weighted by molar-refractivity contribution is 0.298. The molecule has 8 heteroatoms. The number of likely N-dealkylation sites (N-methyl/N-ethyl adjacent to an activating group) is 1. The van der Waals surface area contributed by atoms with Gasteiger partial charge in [0.15, 0.2) is 0 Å². The molecule has 0 atom stereocenters. The molecule has 0 amide bonds. The minimum atomic E-state index is -0.539. The van der Waals surface area contributed by atoms with Crippen LogP contribution in [0.4, 0.5) is 10.1 Å². The SMILES string of the molecule is C=CN(C/C(=C/C(=N)NC(=C)/C=c1/cc(-c2cncc(N)c2C)c(F)c/c1=C/C)NCC)CC(C)(C)C#N. The van der Waals surface area contributed by atoms with Crippen molar-refractivity contribution in [2.24, 2.45) is 5.41 Å². The largest absolute Gasteiger partial charge is 0.397 e. The monoisotopic (exact) mass is 515 g/mol. The molecule has 2 rings (SSSR count). The third kappa shape index (κ3) is 8.07. The van der Waals surface area contributed by atoms with E-state index in [1.165, 1.54) is 6.07 Å². The van der Waals surface area contributed by atoms with Crippen LogP contribution in [0.3, 0.4) is 0 Å². The van der Waals surface area contributed by atoms with Crippen LogP contribution >= 0.6 is 0 Å². The van der Waals surface area contributed by atoms with Crippen LogP contribution in [0, 0.1) is 34.9 Å². The number of amidine groups is 1.